The third kappa shape index (κ3) is 3.54. The van der Waals surface area contributed by atoms with Crippen LogP contribution >= 0.6 is 0 Å². The summed E-state index contributed by atoms with van der Waals surface area (Å²) in [6.45, 7) is 7.54. The lowest BCUT2D eigenvalue weighted by atomic mass is 10.0. The molecule has 0 bridgehead atoms. The summed E-state index contributed by atoms with van der Waals surface area (Å²) in [6, 6.07) is 7.73. The maximum atomic E-state index is 13.0. The van der Waals surface area contributed by atoms with Gasteiger partial charge in [-0.15, -0.1) is 0 Å². The van der Waals surface area contributed by atoms with Crippen molar-refractivity contribution in [2.75, 3.05) is 40.3 Å². The van der Waals surface area contributed by atoms with E-state index < -0.39 is 0 Å². The first-order valence-electron chi connectivity index (χ1n) is 8.71. The number of benzene rings is 1. The summed E-state index contributed by atoms with van der Waals surface area (Å²) in [5.74, 6) is 1.07. The predicted molar refractivity (Wildman–Crippen MR) is 97.6 cm³/mol. The zero-order valence-electron chi connectivity index (χ0n) is 15.4. The largest absolute Gasteiger partial charge is 0.497 e. The number of rotatable bonds is 4. The first-order chi connectivity index (χ1) is 12.0. The van der Waals surface area contributed by atoms with Crippen LogP contribution in [0.25, 0.3) is 5.69 Å². The lowest BCUT2D eigenvalue weighted by Gasteiger charge is -2.32. The third-order valence-electron chi connectivity index (χ3n) is 4.69. The molecule has 1 aliphatic rings. The van der Waals surface area contributed by atoms with E-state index in [0.29, 0.717) is 5.56 Å². The molecule has 0 aliphatic carbocycles. The smallest absolute Gasteiger partial charge is 0.257 e. The summed E-state index contributed by atoms with van der Waals surface area (Å²) in [4.78, 5) is 17.2. The Labute approximate surface area is 149 Å². The molecule has 1 aliphatic heterocycles. The van der Waals surface area contributed by atoms with Gasteiger partial charge in [0.1, 0.15) is 5.75 Å². The zero-order chi connectivity index (χ0) is 18.0. The van der Waals surface area contributed by atoms with Crippen LogP contribution in [-0.2, 0) is 0 Å². The Kier molecular flexibility index (Phi) is 5.08. The number of nitrogens with zero attached hydrogens (tertiary/aromatic N) is 4. The fourth-order valence-corrected chi connectivity index (χ4v) is 3.19. The highest BCUT2D eigenvalue weighted by Gasteiger charge is 2.26. The molecule has 25 heavy (non-hydrogen) atoms. The maximum Gasteiger partial charge on any atom is 0.257 e. The van der Waals surface area contributed by atoms with Gasteiger partial charge in [-0.1, -0.05) is 13.8 Å². The van der Waals surface area contributed by atoms with Crippen molar-refractivity contribution in [3.05, 3.63) is 41.7 Å². The quantitative estimate of drug-likeness (QED) is 0.856. The molecule has 1 aromatic heterocycles. The number of methoxy groups -OCH3 is 1. The maximum absolute atomic E-state index is 13.0. The van der Waals surface area contributed by atoms with Crippen molar-refractivity contribution in [2.45, 2.75) is 19.8 Å². The lowest BCUT2D eigenvalue weighted by molar-refractivity contribution is 0.0662. The van der Waals surface area contributed by atoms with Gasteiger partial charge in [-0.2, -0.15) is 5.10 Å². The number of amides is 1. The van der Waals surface area contributed by atoms with Crippen LogP contribution in [0.15, 0.2) is 30.5 Å². The number of hydrogen-bond donors (Lipinski definition) is 0. The molecule has 6 nitrogen and oxygen atoms in total. The van der Waals surface area contributed by atoms with Crippen LogP contribution in [0.2, 0.25) is 0 Å². The van der Waals surface area contributed by atoms with Crippen LogP contribution < -0.4 is 4.74 Å². The van der Waals surface area contributed by atoms with Gasteiger partial charge < -0.3 is 14.5 Å². The van der Waals surface area contributed by atoms with Crippen LogP contribution in [0.4, 0.5) is 0 Å². The van der Waals surface area contributed by atoms with Gasteiger partial charge in [-0.25, -0.2) is 4.68 Å². The normalized spacial score (nSPS) is 15.6. The summed E-state index contributed by atoms with van der Waals surface area (Å²) in [5, 5.41) is 4.51. The molecule has 0 unspecified atom stereocenters. The van der Waals surface area contributed by atoms with Gasteiger partial charge in [0.15, 0.2) is 0 Å². The molecule has 0 N–H and O–H groups in total. The number of carbonyl (C=O) groups is 1. The molecule has 1 aromatic carbocycles. The molecule has 0 atom stereocenters. The van der Waals surface area contributed by atoms with Crippen molar-refractivity contribution in [1.82, 2.24) is 19.6 Å². The molecule has 1 fully saturated rings. The second kappa shape index (κ2) is 7.27. The van der Waals surface area contributed by atoms with Gasteiger partial charge in [-0.3, -0.25) is 4.79 Å². The van der Waals surface area contributed by atoms with Gasteiger partial charge in [0, 0.05) is 26.2 Å². The molecule has 2 aromatic rings. The molecule has 3 rings (SSSR count). The van der Waals surface area contributed by atoms with E-state index in [2.05, 4.69) is 30.9 Å². The van der Waals surface area contributed by atoms with Crippen molar-refractivity contribution in [1.29, 1.82) is 0 Å². The third-order valence-corrected chi connectivity index (χ3v) is 4.69. The fraction of sp³-hybridized carbons (Fsp3) is 0.474. The molecule has 6 heteroatoms. The van der Waals surface area contributed by atoms with Crippen LogP contribution in [0.1, 0.15) is 35.8 Å². The Morgan fingerprint density at radius 2 is 1.76 bits per heavy atom. The van der Waals surface area contributed by atoms with Gasteiger partial charge >= 0.3 is 0 Å². The molecule has 0 spiro atoms. The van der Waals surface area contributed by atoms with E-state index in [9.17, 15) is 4.79 Å². The van der Waals surface area contributed by atoms with E-state index in [1.807, 2.05) is 33.8 Å². The fourth-order valence-electron chi connectivity index (χ4n) is 3.19. The number of ether oxygens (including phenoxy) is 1. The molecule has 0 saturated carbocycles. The monoisotopic (exact) mass is 342 g/mol. The number of carbonyl (C=O) groups excluding carboxylic acids is 1. The van der Waals surface area contributed by atoms with E-state index >= 15 is 0 Å². The van der Waals surface area contributed by atoms with E-state index in [1.54, 1.807) is 13.3 Å². The van der Waals surface area contributed by atoms with E-state index in [1.165, 1.54) is 0 Å². The van der Waals surface area contributed by atoms with Gasteiger partial charge in [-0.05, 0) is 37.2 Å². The van der Waals surface area contributed by atoms with Crippen molar-refractivity contribution >= 4 is 5.91 Å². The predicted octanol–water partition coefficient (Wildman–Crippen LogP) is 2.39. The molecule has 1 saturated heterocycles. The average molecular weight is 342 g/mol. The zero-order valence-corrected chi connectivity index (χ0v) is 15.4. The van der Waals surface area contributed by atoms with Crippen molar-refractivity contribution in [2.24, 2.45) is 0 Å². The topological polar surface area (TPSA) is 50.6 Å². The standard InChI is InChI=1S/C19H26N4O2/c1-14(2)18-17(19(24)22-11-9-21(3)10-12-22)13-20-23(18)15-5-7-16(25-4)8-6-15/h5-8,13-14H,9-12H2,1-4H3. The van der Waals surface area contributed by atoms with Gasteiger partial charge in [0.2, 0.25) is 0 Å². The van der Waals surface area contributed by atoms with Crippen molar-refractivity contribution in [3.8, 4) is 11.4 Å². The van der Waals surface area contributed by atoms with E-state index in [-0.39, 0.29) is 11.8 Å². The number of likely N-dealkylation sites (N-methyl/N-ethyl adjacent to an activating group) is 1. The number of piperazine rings is 1. The van der Waals surface area contributed by atoms with Crippen LogP contribution in [0.3, 0.4) is 0 Å². The highest BCUT2D eigenvalue weighted by molar-refractivity contribution is 5.95. The lowest BCUT2D eigenvalue weighted by Crippen LogP contribution is -2.47. The highest BCUT2D eigenvalue weighted by Crippen LogP contribution is 2.25. The molecule has 1 amide bonds. The highest BCUT2D eigenvalue weighted by atomic mass is 16.5. The van der Waals surface area contributed by atoms with Crippen LogP contribution in [0, 0.1) is 0 Å². The minimum Gasteiger partial charge on any atom is -0.497 e. The molecular weight excluding hydrogens is 316 g/mol. The van der Waals surface area contributed by atoms with Gasteiger partial charge in [0.05, 0.1) is 30.3 Å². The summed E-state index contributed by atoms with van der Waals surface area (Å²) < 4.78 is 7.09. The summed E-state index contributed by atoms with van der Waals surface area (Å²) >= 11 is 0. The molecule has 134 valence electrons. The van der Waals surface area contributed by atoms with E-state index in [0.717, 1.165) is 43.3 Å². The Morgan fingerprint density at radius 1 is 1.12 bits per heavy atom. The van der Waals surface area contributed by atoms with Crippen LogP contribution in [0.5, 0.6) is 5.75 Å². The van der Waals surface area contributed by atoms with Crippen LogP contribution in [-0.4, -0.2) is 65.8 Å². The SMILES string of the molecule is COc1ccc(-n2ncc(C(=O)N3CCN(C)CC3)c2C(C)C)cc1. The minimum atomic E-state index is 0.0801. The van der Waals surface area contributed by atoms with Crippen molar-refractivity contribution in [3.63, 3.8) is 0 Å². The Balaban J connectivity index is 1.92. The van der Waals surface area contributed by atoms with Crippen molar-refractivity contribution < 1.29 is 9.53 Å². The summed E-state index contributed by atoms with van der Waals surface area (Å²) in [6.07, 6.45) is 1.71. The second-order valence-corrected chi connectivity index (χ2v) is 6.80. The average Bonchev–Trinajstić information content (AvgIpc) is 3.07. The minimum absolute atomic E-state index is 0.0801. The first kappa shape index (κ1) is 17.5. The second-order valence-electron chi connectivity index (χ2n) is 6.80. The summed E-state index contributed by atoms with van der Waals surface area (Å²) in [5.41, 5.74) is 2.59. The summed E-state index contributed by atoms with van der Waals surface area (Å²) in [7, 11) is 3.73. The Morgan fingerprint density at radius 3 is 2.32 bits per heavy atom. The molecule has 2 heterocycles. The Hall–Kier alpha value is -2.34. The number of aromatic nitrogens is 2. The molecular formula is C19H26N4O2. The first-order valence-corrected chi connectivity index (χ1v) is 8.71. The number of hydrogen-bond acceptors (Lipinski definition) is 4. The Bertz CT molecular complexity index is 728. The van der Waals surface area contributed by atoms with E-state index in [4.69, 9.17) is 4.74 Å². The molecule has 0 radical (unpaired) electrons. The van der Waals surface area contributed by atoms with Gasteiger partial charge in [0.25, 0.3) is 5.91 Å².